The van der Waals surface area contributed by atoms with Crippen molar-refractivity contribution in [1.82, 2.24) is 15.6 Å². The highest BCUT2D eigenvalue weighted by molar-refractivity contribution is 7.15. The molecule has 3 aromatic carbocycles. The van der Waals surface area contributed by atoms with Crippen LogP contribution in [0.5, 0.6) is 11.5 Å². The number of halogens is 1. The van der Waals surface area contributed by atoms with Crippen LogP contribution in [0.2, 0.25) is 0 Å². The van der Waals surface area contributed by atoms with Crippen molar-refractivity contribution in [2.75, 3.05) is 11.9 Å². The molecule has 0 saturated heterocycles. The zero-order valence-electron chi connectivity index (χ0n) is 21.3. The summed E-state index contributed by atoms with van der Waals surface area (Å²) in [6, 6.07) is 18.8. The molecule has 0 unspecified atom stereocenters. The van der Waals surface area contributed by atoms with Crippen molar-refractivity contribution in [3.63, 3.8) is 0 Å². The van der Waals surface area contributed by atoms with Crippen molar-refractivity contribution in [2.45, 2.75) is 26.9 Å². The largest absolute Gasteiger partial charge is 0.490 e. The lowest BCUT2D eigenvalue weighted by Gasteiger charge is -2.13. The van der Waals surface area contributed by atoms with Crippen molar-refractivity contribution in [3.05, 3.63) is 99.8 Å². The van der Waals surface area contributed by atoms with E-state index in [2.05, 4.69) is 26.0 Å². The first-order valence-corrected chi connectivity index (χ1v) is 12.9. The molecule has 2 N–H and O–H groups in total. The van der Waals surface area contributed by atoms with Gasteiger partial charge in [0.15, 0.2) is 11.5 Å². The highest BCUT2D eigenvalue weighted by Gasteiger charge is 2.14. The number of ether oxygens (including phenoxy) is 2. The van der Waals surface area contributed by atoms with Crippen LogP contribution in [0.3, 0.4) is 0 Å². The van der Waals surface area contributed by atoms with E-state index in [1.807, 2.05) is 26.0 Å². The van der Waals surface area contributed by atoms with Gasteiger partial charge in [0, 0.05) is 11.1 Å². The molecule has 0 radical (unpaired) electrons. The molecule has 0 fully saturated rings. The summed E-state index contributed by atoms with van der Waals surface area (Å²) in [5, 5.41) is 15.3. The quantitative estimate of drug-likeness (QED) is 0.204. The second-order valence-electron chi connectivity index (χ2n) is 8.26. The Kier molecular flexibility index (Phi) is 9.30. The number of anilines is 1. The van der Waals surface area contributed by atoms with Crippen molar-refractivity contribution < 1.29 is 23.5 Å². The van der Waals surface area contributed by atoms with Crippen LogP contribution >= 0.6 is 11.3 Å². The maximum absolute atomic E-state index is 13.9. The number of aryl methyl sites for hydroxylation is 1. The number of hydrogen-bond donors (Lipinski definition) is 2. The van der Waals surface area contributed by atoms with Crippen molar-refractivity contribution in [3.8, 4) is 11.5 Å². The van der Waals surface area contributed by atoms with Gasteiger partial charge in [-0.05, 0) is 55.3 Å². The third kappa shape index (κ3) is 7.68. The first-order chi connectivity index (χ1) is 18.9. The fraction of sp³-hybridized carbons (Fsp3) is 0.179. The molecule has 0 atom stereocenters. The van der Waals surface area contributed by atoms with Gasteiger partial charge in [0.25, 0.3) is 5.91 Å². The molecule has 0 spiro atoms. The number of carbonyl (C=O) groups excluding carboxylic acids is 2. The summed E-state index contributed by atoms with van der Waals surface area (Å²) in [6.07, 6.45) is 1.41. The summed E-state index contributed by atoms with van der Waals surface area (Å²) in [7, 11) is 0. The highest BCUT2D eigenvalue weighted by atomic mass is 32.1. The summed E-state index contributed by atoms with van der Waals surface area (Å²) < 4.78 is 25.3. The summed E-state index contributed by atoms with van der Waals surface area (Å²) in [4.78, 5) is 24.8. The Labute approximate surface area is 228 Å². The standard InChI is InChI=1S/C28H26FN5O4S/c1-3-37-24-14-19(12-13-23(24)38-17-20-9-5-7-11-22(20)29)16-30-32-25(35)15-26-33-34-28(39-26)31-27(36)21-10-6-4-8-18(21)2/h4-14,16H,3,15,17H2,1-2H3,(H,32,35)(H,31,34,36)/b30-16-. The predicted octanol–water partition coefficient (Wildman–Crippen LogP) is 4.91. The van der Waals surface area contributed by atoms with E-state index in [4.69, 9.17) is 9.47 Å². The van der Waals surface area contributed by atoms with Gasteiger partial charge >= 0.3 is 0 Å². The summed E-state index contributed by atoms with van der Waals surface area (Å²) in [5.41, 5.74) is 4.93. The minimum Gasteiger partial charge on any atom is -0.490 e. The number of amides is 2. The van der Waals surface area contributed by atoms with E-state index in [0.717, 1.165) is 16.9 Å². The lowest BCUT2D eigenvalue weighted by atomic mass is 10.1. The smallest absolute Gasteiger partial charge is 0.257 e. The number of hydrogen-bond acceptors (Lipinski definition) is 8. The number of benzene rings is 3. The van der Waals surface area contributed by atoms with E-state index >= 15 is 0 Å². The molecular weight excluding hydrogens is 521 g/mol. The fourth-order valence-corrected chi connectivity index (χ4v) is 4.22. The van der Waals surface area contributed by atoms with Gasteiger partial charge in [-0.15, -0.1) is 10.2 Å². The maximum Gasteiger partial charge on any atom is 0.257 e. The second-order valence-corrected chi connectivity index (χ2v) is 9.32. The molecule has 39 heavy (non-hydrogen) atoms. The Morgan fingerprint density at radius 3 is 2.62 bits per heavy atom. The minimum atomic E-state index is -0.394. The van der Waals surface area contributed by atoms with Gasteiger partial charge in [-0.3, -0.25) is 14.9 Å². The normalized spacial score (nSPS) is 10.8. The molecule has 4 aromatic rings. The average molecular weight is 548 g/mol. The summed E-state index contributed by atoms with van der Waals surface area (Å²) in [6.45, 7) is 4.15. The third-order valence-electron chi connectivity index (χ3n) is 5.40. The van der Waals surface area contributed by atoms with Crippen LogP contribution in [0.4, 0.5) is 9.52 Å². The Balaban J connectivity index is 1.30. The summed E-state index contributed by atoms with van der Waals surface area (Å²) in [5.74, 6) is -0.0955. The molecular formula is C28H26FN5O4S. The van der Waals surface area contributed by atoms with Crippen LogP contribution < -0.4 is 20.2 Å². The monoisotopic (exact) mass is 547 g/mol. The maximum atomic E-state index is 13.9. The predicted molar refractivity (Wildman–Crippen MR) is 147 cm³/mol. The van der Waals surface area contributed by atoms with Gasteiger partial charge in [0.2, 0.25) is 11.0 Å². The molecule has 1 aromatic heterocycles. The van der Waals surface area contributed by atoms with E-state index in [1.165, 1.54) is 12.3 Å². The van der Waals surface area contributed by atoms with Crippen molar-refractivity contribution in [2.24, 2.45) is 5.10 Å². The first-order valence-electron chi connectivity index (χ1n) is 12.1. The fourth-order valence-electron chi connectivity index (χ4n) is 3.49. The molecule has 4 rings (SSSR count). The Morgan fingerprint density at radius 1 is 1.03 bits per heavy atom. The zero-order chi connectivity index (χ0) is 27.6. The lowest BCUT2D eigenvalue weighted by Crippen LogP contribution is -2.19. The number of nitrogens with one attached hydrogen (secondary N) is 2. The van der Waals surface area contributed by atoms with Crippen molar-refractivity contribution in [1.29, 1.82) is 0 Å². The zero-order valence-corrected chi connectivity index (χ0v) is 22.1. The molecule has 11 heteroatoms. The number of aromatic nitrogens is 2. The summed E-state index contributed by atoms with van der Waals surface area (Å²) >= 11 is 1.11. The highest BCUT2D eigenvalue weighted by Crippen LogP contribution is 2.29. The van der Waals surface area contributed by atoms with Gasteiger partial charge in [0.1, 0.15) is 17.4 Å². The van der Waals surface area contributed by atoms with Crippen LogP contribution in [-0.4, -0.2) is 34.8 Å². The molecule has 9 nitrogen and oxygen atoms in total. The van der Waals surface area contributed by atoms with E-state index in [0.29, 0.717) is 44.9 Å². The Morgan fingerprint density at radius 2 is 1.82 bits per heavy atom. The number of rotatable bonds is 11. The molecule has 2 amide bonds. The molecule has 0 aliphatic carbocycles. The molecule has 0 aliphatic heterocycles. The second kappa shape index (κ2) is 13.2. The van der Waals surface area contributed by atoms with Gasteiger partial charge in [-0.2, -0.15) is 5.10 Å². The Hall–Kier alpha value is -4.64. The van der Waals surface area contributed by atoms with Crippen LogP contribution in [0.25, 0.3) is 0 Å². The van der Waals surface area contributed by atoms with Crippen molar-refractivity contribution >= 4 is 34.5 Å². The van der Waals surface area contributed by atoms with Crippen LogP contribution in [-0.2, 0) is 17.8 Å². The number of hydrazone groups is 1. The van der Waals surface area contributed by atoms with E-state index < -0.39 is 5.91 Å². The van der Waals surface area contributed by atoms with Gasteiger partial charge < -0.3 is 9.47 Å². The van der Waals surface area contributed by atoms with Crippen LogP contribution in [0.1, 0.15) is 39.0 Å². The SMILES string of the molecule is CCOc1cc(/C=N\NC(=O)Cc2nnc(NC(=O)c3ccccc3C)s2)ccc1OCc1ccccc1F. The molecule has 200 valence electrons. The van der Waals surface area contributed by atoms with E-state index in [-0.39, 0.29) is 24.8 Å². The topological polar surface area (TPSA) is 115 Å². The average Bonchev–Trinajstić information content (AvgIpc) is 3.35. The van der Waals surface area contributed by atoms with Gasteiger partial charge in [-0.1, -0.05) is 47.7 Å². The Bertz CT molecular complexity index is 1490. The van der Waals surface area contributed by atoms with Crippen LogP contribution in [0, 0.1) is 12.7 Å². The third-order valence-corrected chi connectivity index (χ3v) is 6.24. The lowest BCUT2D eigenvalue weighted by molar-refractivity contribution is -0.120. The molecule has 0 saturated carbocycles. The minimum absolute atomic E-state index is 0.0533. The first kappa shape index (κ1) is 27.4. The number of carbonyl (C=O) groups is 2. The number of nitrogens with zero attached hydrogens (tertiary/aromatic N) is 3. The van der Waals surface area contributed by atoms with E-state index in [1.54, 1.807) is 48.5 Å². The van der Waals surface area contributed by atoms with Crippen LogP contribution in [0.15, 0.2) is 71.8 Å². The molecule has 1 heterocycles. The molecule has 0 bridgehead atoms. The van der Waals surface area contributed by atoms with Gasteiger partial charge in [0.05, 0.1) is 19.2 Å². The van der Waals surface area contributed by atoms with E-state index in [9.17, 15) is 14.0 Å². The van der Waals surface area contributed by atoms with Gasteiger partial charge in [-0.25, -0.2) is 9.82 Å². The molecule has 0 aliphatic rings.